The number of carbonyl (C=O) groups excluding carboxylic acids is 1. The summed E-state index contributed by atoms with van der Waals surface area (Å²) in [5, 5.41) is 7.62. The largest absolute Gasteiger partial charge is 0.352 e. The summed E-state index contributed by atoms with van der Waals surface area (Å²) in [6.07, 6.45) is 3.70. The van der Waals surface area contributed by atoms with E-state index in [0.717, 1.165) is 30.4 Å². The van der Waals surface area contributed by atoms with Gasteiger partial charge in [0, 0.05) is 43.6 Å². The number of benzene rings is 1. The van der Waals surface area contributed by atoms with Gasteiger partial charge in [0.25, 0.3) is 5.91 Å². The van der Waals surface area contributed by atoms with Crippen LogP contribution in [0.4, 0.5) is 8.78 Å². The number of nitrogens with zero attached hydrogens (tertiary/aromatic N) is 1. The highest BCUT2D eigenvalue weighted by atomic mass is 35.5. The summed E-state index contributed by atoms with van der Waals surface area (Å²) in [6, 6.07) is 6.06. The Morgan fingerprint density at radius 2 is 2.04 bits per heavy atom. The molecule has 4 nitrogen and oxygen atoms in total. The molecule has 1 saturated heterocycles. The molecule has 1 amide bonds. The molecule has 0 spiro atoms. The number of rotatable bonds is 5. The topological polar surface area (TPSA) is 46.1 Å². The summed E-state index contributed by atoms with van der Waals surface area (Å²) >= 11 is 6.39. The van der Waals surface area contributed by atoms with Gasteiger partial charge in [-0.15, -0.1) is 0 Å². The molecule has 146 valence electrons. The highest BCUT2D eigenvalue weighted by Crippen LogP contribution is 2.36. The second-order valence-electron chi connectivity index (χ2n) is 7.78. The Morgan fingerprint density at radius 1 is 1.30 bits per heavy atom. The smallest absolute Gasteiger partial charge is 0.253 e. The van der Waals surface area contributed by atoms with E-state index in [-0.39, 0.29) is 24.7 Å². The molecular weight excluding hydrogens is 372 g/mol. The van der Waals surface area contributed by atoms with Gasteiger partial charge in [-0.1, -0.05) is 17.7 Å². The van der Waals surface area contributed by atoms with Crippen molar-refractivity contribution in [2.75, 3.05) is 13.1 Å². The molecule has 1 aromatic carbocycles. The Labute approximate surface area is 162 Å². The molecule has 2 aliphatic rings. The minimum Gasteiger partial charge on any atom is -0.352 e. The monoisotopic (exact) mass is 395 g/mol. The first-order valence-corrected chi connectivity index (χ1v) is 9.97. The predicted molar refractivity (Wildman–Crippen MR) is 103 cm³/mol. The van der Waals surface area contributed by atoms with Gasteiger partial charge in [0.05, 0.1) is 16.1 Å². The van der Waals surface area contributed by atoms with E-state index in [4.69, 9.17) is 11.6 Å². The van der Waals surface area contributed by atoms with Gasteiger partial charge >= 0.3 is 0 Å². The number of nitrogens with one attached hydrogen (secondary N) is 2. The molecule has 1 aliphatic heterocycles. The van der Waals surface area contributed by atoms with Crippen LogP contribution in [-0.4, -0.2) is 35.5 Å². The van der Waals surface area contributed by atoms with Gasteiger partial charge in [0.1, 0.15) is 0 Å². The van der Waals surface area contributed by atoms with Crippen molar-refractivity contribution in [1.29, 1.82) is 0 Å². The van der Waals surface area contributed by atoms with Crippen LogP contribution in [0.3, 0.4) is 0 Å². The van der Waals surface area contributed by atoms with Crippen LogP contribution in [0.1, 0.15) is 42.5 Å². The number of carbonyl (C=O) groups is 1. The molecule has 1 aliphatic carbocycles. The second kappa shape index (κ2) is 7.40. The molecule has 1 saturated carbocycles. The molecule has 2 N–H and O–H groups in total. The fraction of sp³-hybridized carbons (Fsp3) is 0.550. The molecule has 0 unspecified atom stereocenters. The SMILES string of the molecule is O=C(NCC1CCC(F)(F)CC1)c1cn(C[C@@H]2CCN2)c2cccc(Cl)c12. The number of fused-ring (bicyclic) bond motifs is 1. The van der Waals surface area contributed by atoms with Crippen molar-refractivity contribution < 1.29 is 13.6 Å². The minimum absolute atomic E-state index is 0.0902. The fourth-order valence-corrected chi connectivity index (χ4v) is 4.28. The molecule has 2 aromatic rings. The van der Waals surface area contributed by atoms with Crippen molar-refractivity contribution in [3.05, 3.63) is 35.0 Å². The Morgan fingerprint density at radius 3 is 2.70 bits per heavy atom. The van der Waals surface area contributed by atoms with E-state index in [1.807, 2.05) is 18.3 Å². The first-order valence-electron chi connectivity index (χ1n) is 9.60. The number of hydrogen-bond acceptors (Lipinski definition) is 2. The van der Waals surface area contributed by atoms with Crippen LogP contribution in [-0.2, 0) is 6.54 Å². The summed E-state index contributed by atoms with van der Waals surface area (Å²) in [6.45, 7) is 2.25. The van der Waals surface area contributed by atoms with Crippen LogP contribution in [0.2, 0.25) is 5.02 Å². The van der Waals surface area contributed by atoms with E-state index in [2.05, 4.69) is 15.2 Å². The van der Waals surface area contributed by atoms with Crippen LogP contribution in [0.25, 0.3) is 10.9 Å². The third-order valence-corrected chi connectivity index (χ3v) is 6.15. The highest BCUT2D eigenvalue weighted by Gasteiger charge is 2.35. The quantitative estimate of drug-likeness (QED) is 0.796. The van der Waals surface area contributed by atoms with E-state index in [0.29, 0.717) is 36.0 Å². The molecule has 0 radical (unpaired) electrons. The van der Waals surface area contributed by atoms with Crippen LogP contribution < -0.4 is 10.6 Å². The average molecular weight is 396 g/mol. The Bertz CT molecular complexity index is 837. The zero-order chi connectivity index (χ0) is 19.0. The number of aromatic nitrogens is 1. The van der Waals surface area contributed by atoms with E-state index in [1.54, 1.807) is 6.07 Å². The Hall–Kier alpha value is -1.66. The number of hydrogen-bond donors (Lipinski definition) is 2. The van der Waals surface area contributed by atoms with Gasteiger partial charge in [-0.2, -0.15) is 0 Å². The van der Waals surface area contributed by atoms with Crippen molar-refractivity contribution >= 4 is 28.4 Å². The van der Waals surface area contributed by atoms with Crippen molar-refractivity contribution in [2.24, 2.45) is 5.92 Å². The van der Waals surface area contributed by atoms with E-state index < -0.39 is 5.92 Å². The van der Waals surface area contributed by atoms with Crippen molar-refractivity contribution in [3.63, 3.8) is 0 Å². The van der Waals surface area contributed by atoms with Crippen LogP contribution >= 0.6 is 11.6 Å². The van der Waals surface area contributed by atoms with Gasteiger partial charge in [-0.3, -0.25) is 4.79 Å². The molecule has 1 atom stereocenters. The molecule has 0 bridgehead atoms. The summed E-state index contributed by atoms with van der Waals surface area (Å²) in [5.41, 5.74) is 1.50. The van der Waals surface area contributed by atoms with E-state index in [1.165, 1.54) is 0 Å². The summed E-state index contributed by atoms with van der Waals surface area (Å²) in [5.74, 6) is -2.63. The molecular formula is C20H24ClF2N3O. The zero-order valence-corrected chi connectivity index (χ0v) is 15.9. The highest BCUT2D eigenvalue weighted by molar-refractivity contribution is 6.36. The zero-order valence-electron chi connectivity index (χ0n) is 15.1. The Kier molecular flexibility index (Phi) is 5.12. The van der Waals surface area contributed by atoms with Crippen molar-refractivity contribution in [3.8, 4) is 0 Å². The van der Waals surface area contributed by atoms with Crippen LogP contribution in [0.5, 0.6) is 0 Å². The third-order valence-electron chi connectivity index (χ3n) is 5.83. The predicted octanol–water partition coefficient (Wildman–Crippen LogP) is 4.21. The molecule has 1 aromatic heterocycles. The standard InChI is InChI=1S/C20H24ClF2N3O/c21-16-2-1-3-17-18(16)15(12-26(17)11-14-6-9-24-14)19(27)25-10-13-4-7-20(22,23)8-5-13/h1-3,12-14,24H,4-11H2,(H,25,27)/t14-/m0/s1. The summed E-state index contributed by atoms with van der Waals surface area (Å²) in [4.78, 5) is 12.8. The lowest BCUT2D eigenvalue weighted by Gasteiger charge is -2.28. The summed E-state index contributed by atoms with van der Waals surface area (Å²) < 4.78 is 28.7. The number of amides is 1. The van der Waals surface area contributed by atoms with E-state index >= 15 is 0 Å². The number of alkyl halides is 2. The molecule has 2 fully saturated rings. The lowest BCUT2D eigenvalue weighted by molar-refractivity contribution is -0.0452. The van der Waals surface area contributed by atoms with E-state index in [9.17, 15) is 13.6 Å². The maximum absolute atomic E-state index is 13.3. The summed E-state index contributed by atoms with van der Waals surface area (Å²) in [7, 11) is 0. The lowest BCUT2D eigenvalue weighted by atomic mass is 9.87. The maximum atomic E-state index is 13.3. The lowest BCUT2D eigenvalue weighted by Crippen LogP contribution is -2.45. The first-order chi connectivity index (χ1) is 12.9. The van der Waals surface area contributed by atoms with Gasteiger partial charge < -0.3 is 15.2 Å². The van der Waals surface area contributed by atoms with Crippen molar-refractivity contribution in [2.45, 2.75) is 50.6 Å². The van der Waals surface area contributed by atoms with Crippen LogP contribution in [0, 0.1) is 5.92 Å². The van der Waals surface area contributed by atoms with Gasteiger partial charge in [0.2, 0.25) is 5.92 Å². The average Bonchev–Trinajstić information content (AvgIpc) is 2.97. The fourth-order valence-electron chi connectivity index (χ4n) is 4.01. The second-order valence-corrected chi connectivity index (χ2v) is 8.19. The Balaban J connectivity index is 1.49. The molecule has 7 heteroatoms. The molecule has 4 rings (SSSR count). The maximum Gasteiger partial charge on any atom is 0.253 e. The molecule has 27 heavy (non-hydrogen) atoms. The van der Waals surface area contributed by atoms with Gasteiger partial charge in [-0.05, 0) is 43.9 Å². The normalized spacial score (nSPS) is 22.6. The third kappa shape index (κ3) is 3.97. The van der Waals surface area contributed by atoms with Gasteiger partial charge in [-0.25, -0.2) is 8.78 Å². The number of halogens is 3. The van der Waals surface area contributed by atoms with Gasteiger partial charge in [0.15, 0.2) is 0 Å². The minimum atomic E-state index is -2.54. The van der Waals surface area contributed by atoms with Crippen molar-refractivity contribution in [1.82, 2.24) is 15.2 Å². The first kappa shape index (κ1) is 18.7. The van der Waals surface area contributed by atoms with Crippen LogP contribution in [0.15, 0.2) is 24.4 Å². The molecule has 2 heterocycles.